The second-order valence-corrected chi connectivity index (χ2v) is 2.88. The van der Waals surface area contributed by atoms with Crippen LogP contribution in [0.15, 0.2) is 24.4 Å². The lowest BCUT2D eigenvalue weighted by Gasteiger charge is -2.22. The zero-order chi connectivity index (χ0) is 6.97. The summed E-state index contributed by atoms with van der Waals surface area (Å²) in [5.41, 5.74) is 0. The van der Waals surface area contributed by atoms with Crippen molar-refractivity contribution in [2.24, 2.45) is 0 Å². The van der Waals surface area contributed by atoms with Crippen LogP contribution in [-0.2, 0) is 0 Å². The Kier molecular flexibility index (Phi) is 1.27. The standard InChI is InChI=1S/C8H12N2/c1-7-8-4-2-3-5-10(8)6-9-7/h2-5,7-9H,6H2,1H3. The fraction of sp³-hybridized carbons (Fsp3) is 0.500. The molecule has 2 heteroatoms. The minimum Gasteiger partial charge on any atom is -0.357 e. The number of allylic oxidation sites excluding steroid dienone is 2. The highest BCUT2D eigenvalue weighted by molar-refractivity contribution is 5.17. The van der Waals surface area contributed by atoms with Crippen molar-refractivity contribution in [1.82, 2.24) is 10.2 Å². The first kappa shape index (κ1) is 5.98. The van der Waals surface area contributed by atoms with Crippen molar-refractivity contribution in [2.45, 2.75) is 19.0 Å². The number of rotatable bonds is 0. The third-order valence-electron chi connectivity index (χ3n) is 2.19. The van der Waals surface area contributed by atoms with Crippen molar-refractivity contribution in [1.29, 1.82) is 0 Å². The van der Waals surface area contributed by atoms with E-state index >= 15 is 0 Å². The maximum absolute atomic E-state index is 3.38. The van der Waals surface area contributed by atoms with Crippen molar-refractivity contribution in [3.05, 3.63) is 24.4 Å². The fourth-order valence-electron chi connectivity index (χ4n) is 1.53. The molecule has 0 aromatic carbocycles. The van der Waals surface area contributed by atoms with E-state index in [2.05, 4.69) is 41.6 Å². The largest absolute Gasteiger partial charge is 0.357 e. The minimum absolute atomic E-state index is 0.588. The lowest BCUT2D eigenvalue weighted by Crippen LogP contribution is -2.30. The molecule has 1 fully saturated rings. The van der Waals surface area contributed by atoms with Crippen LogP contribution in [0.2, 0.25) is 0 Å². The molecule has 0 aromatic rings. The molecular formula is C8H12N2. The van der Waals surface area contributed by atoms with Gasteiger partial charge in [-0.2, -0.15) is 0 Å². The quantitative estimate of drug-likeness (QED) is 0.527. The first-order valence-electron chi connectivity index (χ1n) is 3.72. The minimum atomic E-state index is 0.588. The summed E-state index contributed by atoms with van der Waals surface area (Å²) in [6.45, 7) is 3.21. The second kappa shape index (κ2) is 2.13. The molecule has 0 spiro atoms. The Bertz CT molecular complexity index is 184. The lowest BCUT2D eigenvalue weighted by molar-refractivity contribution is 0.386. The van der Waals surface area contributed by atoms with Crippen LogP contribution in [0.5, 0.6) is 0 Å². The molecule has 0 saturated carbocycles. The summed E-state index contributed by atoms with van der Waals surface area (Å²) in [7, 11) is 0. The van der Waals surface area contributed by atoms with E-state index < -0.39 is 0 Å². The van der Waals surface area contributed by atoms with E-state index in [9.17, 15) is 0 Å². The topological polar surface area (TPSA) is 15.3 Å². The molecule has 1 saturated heterocycles. The average molecular weight is 136 g/mol. The number of fused-ring (bicyclic) bond motifs is 1. The highest BCUT2D eigenvalue weighted by Crippen LogP contribution is 2.15. The molecule has 2 atom stereocenters. The number of hydrogen-bond donors (Lipinski definition) is 1. The Balaban J connectivity index is 2.19. The zero-order valence-corrected chi connectivity index (χ0v) is 6.12. The van der Waals surface area contributed by atoms with Crippen LogP contribution in [-0.4, -0.2) is 23.7 Å². The van der Waals surface area contributed by atoms with Gasteiger partial charge < -0.3 is 4.90 Å². The molecule has 10 heavy (non-hydrogen) atoms. The number of nitrogens with zero attached hydrogens (tertiary/aromatic N) is 1. The molecule has 1 N–H and O–H groups in total. The first-order chi connectivity index (χ1) is 4.88. The highest BCUT2D eigenvalue weighted by atomic mass is 15.3. The van der Waals surface area contributed by atoms with Crippen molar-refractivity contribution < 1.29 is 0 Å². The molecule has 0 aliphatic carbocycles. The van der Waals surface area contributed by atoms with Crippen molar-refractivity contribution in [3.8, 4) is 0 Å². The van der Waals surface area contributed by atoms with Crippen LogP contribution in [0.1, 0.15) is 6.92 Å². The van der Waals surface area contributed by atoms with Gasteiger partial charge in [0.2, 0.25) is 0 Å². The van der Waals surface area contributed by atoms with Crippen molar-refractivity contribution >= 4 is 0 Å². The normalized spacial score (nSPS) is 36.7. The second-order valence-electron chi connectivity index (χ2n) is 2.88. The van der Waals surface area contributed by atoms with Gasteiger partial charge in [-0.3, -0.25) is 5.32 Å². The lowest BCUT2D eigenvalue weighted by atomic mass is 10.1. The van der Waals surface area contributed by atoms with Gasteiger partial charge in [-0.25, -0.2) is 0 Å². The van der Waals surface area contributed by atoms with Gasteiger partial charge in [0.1, 0.15) is 0 Å². The third kappa shape index (κ3) is 0.762. The molecular weight excluding hydrogens is 124 g/mol. The summed E-state index contributed by atoms with van der Waals surface area (Å²) < 4.78 is 0. The first-order valence-corrected chi connectivity index (χ1v) is 3.72. The maximum atomic E-state index is 3.38. The highest BCUT2D eigenvalue weighted by Gasteiger charge is 2.26. The Morgan fingerprint density at radius 3 is 3.20 bits per heavy atom. The van der Waals surface area contributed by atoms with Crippen LogP contribution in [0.4, 0.5) is 0 Å². The Morgan fingerprint density at radius 1 is 1.50 bits per heavy atom. The Labute approximate surface area is 61.2 Å². The van der Waals surface area contributed by atoms with Crippen molar-refractivity contribution in [3.63, 3.8) is 0 Å². The SMILES string of the molecule is CC1NCN2C=CC=CC12. The predicted molar refractivity (Wildman–Crippen MR) is 41.4 cm³/mol. The molecule has 54 valence electrons. The van der Waals surface area contributed by atoms with E-state index in [0.717, 1.165) is 6.67 Å². The molecule has 2 heterocycles. The average Bonchev–Trinajstić information content (AvgIpc) is 2.34. The maximum Gasteiger partial charge on any atom is 0.0686 e. The number of nitrogens with one attached hydrogen (secondary N) is 1. The van der Waals surface area contributed by atoms with E-state index in [4.69, 9.17) is 0 Å². The molecule has 0 bridgehead atoms. The predicted octanol–water partition coefficient (Wildman–Crippen LogP) is 0.690. The molecule has 0 amide bonds. The summed E-state index contributed by atoms with van der Waals surface area (Å²) >= 11 is 0. The van der Waals surface area contributed by atoms with Crippen molar-refractivity contribution in [2.75, 3.05) is 6.67 Å². The van der Waals surface area contributed by atoms with Crippen LogP contribution in [0, 0.1) is 0 Å². The van der Waals surface area contributed by atoms with Crippen LogP contribution < -0.4 is 5.32 Å². The summed E-state index contributed by atoms with van der Waals surface area (Å²) in [4.78, 5) is 2.31. The molecule has 2 rings (SSSR count). The van der Waals surface area contributed by atoms with Gasteiger partial charge in [-0.1, -0.05) is 12.2 Å². The van der Waals surface area contributed by atoms with E-state index in [1.807, 2.05) is 0 Å². The zero-order valence-electron chi connectivity index (χ0n) is 6.12. The van der Waals surface area contributed by atoms with Crippen LogP contribution in [0.3, 0.4) is 0 Å². The van der Waals surface area contributed by atoms with Gasteiger partial charge in [-0.15, -0.1) is 0 Å². The van der Waals surface area contributed by atoms with E-state index in [-0.39, 0.29) is 0 Å². The summed E-state index contributed by atoms with van der Waals surface area (Å²) in [5, 5.41) is 3.38. The summed E-state index contributed by atoms with van der Waals surface area (Å²) in [5.74, 6) is 0. The Hall–Kier alpha value is -0.760. The smallest absolute Gasteiger partial charge is 0.0686 e. The summed E-state index contributed by atoms with van der Waals surface area (Å²) in [6.07, 6.45) is 8.58. The van der Waals surface area contributed by atoms with Gasteiger partial charge >= 0.3 is 0 Å². The van der Waals surface area contributed by atoms with Gasteiger partial charge in [0.25, 0.3) is 0 Å². The monoisotopic (exact) mass is 136 g/mol. The van der Waals surface area contributed by atoms with Crippen LogP contribution >= 0.6 is 0 Å². The van der Waals surface area contributed by atoms with Gasteiger partial charge in [0, 0.05) is 12.2 Å². The van der Waals surface area contributed by atoms with E-state index in [1.54, 1.807) is 0 Å². The molecule has 2 aliphatic heterocycles. The van der Waals surface area contributed by atoms with Gasteiger partial charge in [0.15, 0.2) is 0 Å². The fourth-order valence-corrected chi connectivity index (χ4v) is 1.53. The van der Waals surface area contributed by atoms with Gasteiger partial charge in [0.05, 0.1) is 12.7 Å². The molecule has 2 nitrogen and oxygen atoms in total. The van der Waals surface area contributed by atoms with E-state index in [0.29, 0.717) is 12.1 Å². The third-order valence-corrected chi connectivity index (χ3v) is 2.19. The molecule has 0 aromatic heterocycles. The Morgan fingerprint density at radius 2 is 2.40 bits per heavy atom. The van der Waals surface area contributed by atoms with Crippen LogP contribution in [0.25, 0.3) is 0 Å². The van der Waals surface area contributed by atoms with Gasteiger partial charge in [-0.05, 0) is 13.0 Å². The molecule has 0 radical (unpaired) electrons. The van der Waals surface area contributed by atoms with E-state index in [1.165, 1.54) is 0 Å². The molecule has 2 aliphatic rings. The summed E-state index contributed by atoms with van der Waals surface area (Å²) in [6, 6.07) is 1.19. The number of hydrogen-bond acceptors (Lipinski definition) is 2. The molecule has 2 unspecified atom stereocenters.